The van der Waals surface area contributed by atoms with Crippen LogP contribution in [-0.4, -0.2) is 34.0 Å². The Morgan fingerprint density at radius 3 is 2.95 bits per heavy atom. The van der Waals surface area contributed by atoms with Crippen molar-refractivity contribution < 1.29 is 4.79 Å². The molecule has 2 fully saturated rings. The largest absolute Gasteiger partial charge is 0.312 e. The molecule has 3 unspecified atom stereocenters. The molecule has 2 aliphatic heterocycles. The van der Waals surface area contributed by atoms with E-state index in [0.29, 0.717) is 6.54 Å². The molecule has 1 N–H and O–H groups in total. The molecule has 3 atom stereocenters. The molecule has 0 saturated carbocycles. The van der Waals surface area contributed by atoms with Crippen molar-refractivity contribution in [2.45, 2.75) is 30.4 Å². The normalized spacial score (nSPS) is 29.3. The van der Waals surface area contributed by atoms with Gasteiger partial charge in [-0.1, -0.05) is 30.3 Å². The van der Waals surface area contributed by atoms with Crippen molar-refractivity contribution in [2.24, 2.45) is 0 Å². The van der Waals surface area contributed by atoms with Gasteiger partial charge in [-0.05, 0) is 5.56 Å². The SMILES string of the molecule is N#CC1CSC2CC(NCc3ccccc3)C(=O)N12. The molecule has 2 aliphatic rings. The van der Waals surface area contributed by atoms with Gasteiger partial charge in [-0.25, -0.2) is 0 Å². The molecule has 5 heteroatoms. The van der Waals surface area contributed by atoms with Gasteiger partial charge in [0, 0.05) is 18.7 Å². The predicted octanol–water partition coefficient (Wildman–Crippen LogP) is 1.34. The number of benzene rings is 1. The van der Waals surface area contributed by atoms with Crippen molar-refractivity contribution in [1.29, 1.82) is 5.26 Å². The van der Waals surface area contributed by atoms with E-state index in [0.717, 1.165) is 12.2 Å². The topological polar surface area (TPSA) is 56.1 Å². The summed E-state index contributed by atoms with van der Waals surface area (Å²) in [7, 11) is 0. The molecular weight excluding hydrogens is 258 g/mol. The van der Waals surface area contributed by atoms with E-state index in [2.05, 4.69) is 11.4 Å². The van der Waals surface area contributed by atoms with Crippen LogP contribution in [0, 0.1) is 11.3 Å². The second-order valence-electron chi connectivity index (χ2n) is 4.83. The lowest BCUT2D eigenvalue weighted by Gasteiger charge is -2.18. The third-order valence-corrected chi connectivity index (χ3v) is 4.94. The van der Waals surface area contributed by atoms with Gasteiger partial charge in [0.05, 0.1) is 17.5 Å². The molecule has 0 spiro atoms. The predicted molar refractivity (Wildman–Crippen MR) is 74.2 cm³/mol. The number of hydrogen-bond acceptors (Lipinski definition) is 4. The van der Waals surface area contributed by atoms with Gasteiger partial charge >= 0.3 is 0 Å². The number of nitrogens with zero attached hydrogens (tertiary/aromatic N) is 2. The summed E-state index contributed by atoms with van der Waals surface area (Å²) in [5.74, 6) is 0.829. The molecule has 1 aromatic rings. The third-order valence-electron chi connectivity index (χ3n) is 3.63. The average Bonchev–Trinajstić information content (AvgIpc) is 2.98. The van der Waals surface area contributed by atoms with Gasteiger partial charge in [0.1, 0.15) is 6.04 Å². The molecule has 19 heavy (non-hydrogen) atoms. The number of carbonyl (C=O) groups is 1. The summed E-state index contributed by atoms with van der Waals surface area (Å²) in [6.07, 6.45) is 0.800. The molecule has 2 heterocycles. The van der Waals surface area contributed by atoms with Crippen LogP contribution in [0.1, 0.15) is 12.0 Å². The number of fused-ring (bicyclic) bond motifs is 1. The highest BCUT2D eigenvalue weighted by atomic mass is 32.2. The van der Waals surface area contributed by atoms with Crippen molar-refractivity contribution in [3.63, 3.8) is 0 Å². The molecule has 2 saturated heterocycles. The molecule has 0 radical (unpaired) electrons. The number of nitrogens with one attached hydrogen (secondary N) is 1. The minimum absolute atomic E-state index is 0.0810. The average molecular weight is 273 g/mol. The Morgan fingerprint density at radius 2 is 2.21 bits per heavy atom. The van der Waals surface area contributed by atoms with Crippen LogP contribution in [0.4, 0.5) is 0 Å². The smallest absolute Gasteiger partial charge is 0.241 e. The lowest BCUT2D eigenvalue weighted by Crippen LogP contribution is -2.41. The van der Waals surface area contributed by atoms with E-state index in [1.807, 2.05) is 30.3 Å². The highest BCUT2D eigenvalue weighted by molar-refractivity contribution is 8.00. The number of amides is 1. The molecule has 1 aromatic carbocycles. The van der Waals surface area contributed by atoms with Crippen molar-refractivity contribution in [1.82, 2.24) is 10.2 Å². The number of carbonyl (C=O) groups excluding carboxylic acids is 1. The van der Waals surface area contributed by atoms with Gasteiger partial charge in [0.25, 0.3) is 0 Å². The fourth-order valence-corrected chi connectivity index (χ4v) is 4.01. The number of thioether (sulfide) groups is 1. The van der Waals surface area contributed by atoms with Gasteiger partial charge in [-0.2, -0.15) is 5.26 Å². The van der Waals surface area contributed by atoms with Gasteiger partial charge in [0.2, 0.25) is 5.91 Å². The van der Waals surface area contributed by atoms with E-state index in [9.17, 15) is 4.79 Å². The first-order valence-corrected chi connectivity index (χ1v) is 7.45. The summed E-state index contributed by atoms with van der Waals surface area (Å²) in [5, 5.41) is 12.5. The maximum atomic E-state index is 12.3. The Bertz CT molecular complexity index is 513. The zero-order valence-corrected chi connectivity index (χ0v) is 11.3. The molecule has 0 aromatic heterocycles. The van der Waals surface area contributed by atoms with Crippen LogP contribution in [0.5, 0.6) is 0 Å². The summed E-state index contributed by atoms with van der Waals surface area (Å²) < 4.78 is 0. The minimum Gasteiger partial charge on any atom is -0.312 e. The van der Waals surface area contributed by atoms with Crippen LogP contribution < -0.4 is 5.32 Å². The Morgan fingerprint density at radius 1 is 1.42 bits per heavy atom. The molecule has 0 bridgehead atoms. The summed E-state index contributed by atoms with van der Waals surface area (Å²) in [6.45, 7) is 0.694. The van der Waals surface area contributed by atoms with E-state index >= 15 is 0 Å². The highest BCUT2D eigenvalue weighted by Crippen LogP contribution is 2.37. The van der Waals surface area contributed by atoms with Crippen molar-refractivity contribution in [2.75, 3.05) is 5.75 Å². The number of nitriles is 1. The van der Waals surface area contributed by atoms with Crippen molar-refractivity contribution in [3.8, 4) is 6.07 Å². The molecule has 3 rings (SSSR count). The Labute approximate surface area is 116 Å². The first kappa shape index (κ1) is 12.5. The summed E-state index contributed by atoms with van der Waals surface area (Å²) >= 11 is 1.72. The number of hydrogen-bond donors (Lipinski definition) is 1. The fourth-order valence-electron chi connectivity index (χ4n) is 2.63. The lowest BCUT2D eigenvalue weighted by molar-refractivity contribution is -0.130. The van der Waals surface area contributed by atoms with E-state index in [1.165, 1.54) is 5.56 Å². The first-order valence-electron chi connectivity index (χ1n) is 6.40. The lowest BCUT2D eigenvalue weighted by atomic mass is 10.2. The summed E-state index contributed by atoms with van der Waals surface area (Å²) in [4.78, 5) is 14.0. The Hall–Kier alpha value is -1.51. The molecular formula is C14H15N3OS. The van der Waals surface area contributed by atoms with Crippen LogP contribution >= 0.6 is 11.8 Å². The maximum Gasteiger partial charge on any atom is 0.241 e. The minimum atomic E-state index is -0.244. The van der Waals surface area contributed by atoms with Crippen molar-refractivity contribution in [3.05, 3.63) is 35.9 Å². The Balaban J connectivity index is 1.62. The zero-order valence-electron chi connectivity index (χ0n) is 10.5. The first-order chi connectivity index (χ1) is 9.29. The van der Waals surface area contributed by atoms with Crippen LogP contribution in [0.25, 0.3) is 0 Å². The van der Waals surface area contributed by atoms with E-state index in [4.69, 9.17) is 5.26 Å². The highest BCUT2D eigenvalue weighted by Gasteiger charge is 2.47. The monoisotopic (exact) mass is 273 g/mol. The van der Waals surface area contributed by atoms with Gasteiger partial charge in [-0.15, -0.1) is 11.8 Å². The third kappa shape index (κ3) is 2.34. The van der Waals surface area contributed by atoms with Gasteiger partial charge in [0.15, 0.2) is 0 Å². The molecule has 4 nitrogen and oxygen atoms in total. The fraction of sp³-hybridized carbons (Fsp3) is 0.429. The zero-order chi connectivity index (χ0) is 13.2. The number of rotatable bonds is 3. The van der Waals surface area contributed by atoms with E-state index in [-0.39, 0.29) is 23.4 Å². The van der Waals surface area contributed by atoms with Gasteiger partial charge in [-0.3, -0.25) is 4.79 Å². The van der Waals surface area contributed by atoms with Crippen molar-refractivity contribution >= 4 is 17.7 Å². The molecule has 1 amide bonds. The Kier molecular flexibility index (Phi) is 3.45. The van der Waals surface area contributed by atoms with Crippen LogP contribution in [0.15, 0.2) is 30.3 Å². The van der Waals surface area contributed by atoms with Crippen LogP contribution in [0.2, 0.25) is 0 Å². The van der Waals surface area contributed by atoms with Crippen LogP contribution in [0.3, 0.4) is 0 Å². The second kappa shape index (κ2) is 5.24. The quantitative estimate of drug-likeness (QED) is 0.903. The standard InChI is InChI=1S/C14H15N3OS/c15-7-11-9-19-13-6-12(14(18)17(11)13)16-8-10-4-2-1-3-5-10/h1-5,11-13,16H,6,8-9H2. The van der Waals surface area contributed by atoms with Gasteiger partial charge < -0.3 is 10.2 Å². The summed E-state index contributed by atoms with van der Waals surface area (Å²) in [5.41, 5.74) is 1.17. The van der Waals surface area contributed by atoms with E-state index in [1.54, 1.807) is 16.7 Å². The van der Waals surface area contributed by atoms with Crippen LogP contribution in [-0.2, 0) is 11.3 Å². The summed E-state index contributed by atoms with van der Waals surface area (Å²) in [6, 6.07) is 11.9. The molecule has 0 aliphatic carbocycles. The molecule has 98 valence electrons. The van der Waals surface area contributed by atoms with E-state index < -0.39 is 0 Å². The second-order valence-corrected chi connectivity index (χ2v) is 6.04. The maximum absolute atomic E-state index is 12.3.